The zero-order chi connectivity index (χ0) is 19.2. The van der Waals surface area contributed by atoms with Gasteiger partial charge in [0.15, 0.2) is 0 Å². The van der Waals surface area contributed by atoms with Crippen LogP contribution in [0.3, 0.4) is 0 Å². The Morgan fingerprint density at radius 1 is 1.07 bits per heavy atom. The monoisotopic (exact) mass is 382 g/mol. The molecule has 0 bridgehead atoms. The van der Waals surface area contributed by atoms with E-state index in [0.29, 0.717) is 0 Å². The van der Waals surface area contributed by atoms with Crippen LogP contribution in [0.1, 0.15) is 31.7 Å². The number of rotatable bonds is 9. The third-order valence-electron chi connectivity index (χ3n) is 5.91. The van der Waals surface area contributed by atoms with Crippen molar-refractivity contribution in [2.75, 3.05) is 52.5 Å². The van der Waals surface area contributed by atoms with Crippen molar-refractivity contribution in [3.63, 3.8) is 0 Å². The van der Waals surface area contributed by atoms with Crippen molar-refractivity contribution in [3.05, 3.63) is 58.9 Å². The Balaban J connectivity index is 1.47. The summed E-state index contributed by atoms with van der Waals surface area (Å²) in [5, 5.41) is 2.35. The van der Waals surface area contributed by atoms with Gasteiger partial charge in [0.05, 0.1) is 5.70 Å². The zero-order valence-corrected chi connectivity index (χ0v) is 17.2. The number of hydrogen-bond acceptors (Lipinski definition) is 5. The molecule has 5 heteroatoms. The largest absolute Gasteiger partial charge is 0.382 e. The van der Waals surface area contributed by atoms with Gasteiger partial charge in [-0.05, 0) is 50.9 Å². The van der Waals surface area contributed by atoms with E-state index in [1.165, 1.54) is 48.5 Å². The first kappa shape index (κ1) is 19.5. The fourth-order valence-electron chi connectivity index (χ4n) is 4.45. The number of nitrogens with one attached hydrogen (secondary N) is 1. The highest BCUT2D eigenvalue weighted by Crippen LogP contribution is 2.29. The van der Waals surface area contributed by atoms with E-state index in [0.717, 1.165) is 52.4 Å². The summed E-state index contributed by atoms with van der Waals surface area (Å²) in [6.07, 6.45) is 6.14. The van der Waals surface area contributed by atoms with Gasteiger partial charge in [-0.25, -0.2) is 5.01 Å². The molecule has 1 aromatic carbocycles. The first-order valence-corrected chi connectivity index (χ1v) is 10.9. The summed E-state index contributed by atoms with van der Waals surface area (Å²) < 4.78 is 5.57. The van der Waals surface area contributed by atoms with Crippen molar-refractivity contribution in [3.8, 4) is 0 Å². The molecule has 5 nitrogen and oxygen atoms in total. The highest BCUT2D eigenvalue weighted by atomic mass is 16.5. The molecule has 0 aliphatic carbocycles. The Morgan fingerprint density at radius 2 is 1.89 bits per heavy atom. The minimum absolute atomic E-state index is 0.810. The molecule has 0 unspecified atom stereocenters. The lowest BCUT2D eigenvalue weighted by Gasteiger charge is -2.33. The van der Waals surface area contributed by atoms with Gasteiger partial charge in [-0.1, -0.05) is 30.3 Å². The molecule has 28 heavy (non-hydrogen) atoms. The Bertz CT molecular complexity index is 694. The molecule has 3 aliphatic rings. The topological polar surface area (TPSA) is 31.0 Å². The fraction of sp³-hybridized carbons (Fsp3) is 0.565. The lowest BCUT2D eigenvalue weighted by molar-refractivity contribution is 0.136. The molecule has 4 rings (SSSR count). The summed E-state index contributed by atoms with van der Waals surface area (Å²) in [4.78, 5) is 5.21. The third kappa shape index (κ3) is 4.77. The average Bonchev–Trinajstić information content (AvgIpc) is 3.37. The lowest BCUT2D eigenvalue weighted by Crippen LogP contribution is -2.36. The fourth-order valence-corrected chi connectivity index (χ4v) is 4.45. The van der Waals surface area contributed by atoms with Gasteiger partial charge in [-0.15, -0.1) is 0 Å². The van der Waals surface area contributed by atoms with Crippen molar-refractivity contribution < 1.29 is 4.74 Å². The molecule has 0 amide bonds. The van der Waals surface area contributed by atoms with E-state index in [9.17, 15) is 0 Å². The molecule has 3 aliphatic heterocycles. The van der Waals surface area contributed by atoms with Gasteiger partial charge in [0.25, 0.3) is 0 Å². The number of hydrogen-bond donors (Lipinski definition) is 1. The van der Waals surface area contributed by atoms with E-state index < -0.39 is 0 Å². The summed E-state index contributed by atoms with van der Waals surface area (Å²) in [5.74, 6) is 0. The van der Waals surface area contributed by atoms with Crippen LogP contribution in [0.15, 0.2) is 53.4 Å². The van der Waals surface area contributed by atoms with Crippen molar-refractivity contribution in [2.24, 2.45) is 0 Å². The van der Waals surface area contributed by atoms with Crippen LogP contribution in [0, 0.1) is 0 Å². The van der Waals surface area contributed by atoms with Gasteiger partial charge in [-0.2, -0.15) is 0 Å². The normalized spacial score (nSPS) is 20.5. The molecule has 152 valence electrons. The molecule has 0 spiro atoms. The van der Waals surface area contributed by atoms with Gasteiger partial charge < -0.3 is 15.1 Å². The summed E-state index contributed by atoms with van der Waals surface area (Å²) in [5.41, 5.74) is 9.35. The van der Waals surface area contributed by atoms with E-state index in [-0.39, 0.29) is 0 Å². The highest BCUT2D eigenvalue weighted by molar-refractivity contribution is 5.42. The molecule has 3 heterocycles. The van der Waals surface area contributed by atoms with E-state index in [2.05, 4.69) is 63.6 Å². The Labute approximate surface area is 169 Å². The first-order chi connectivity index (χ1) is 13.8. The number of benzene rings is 1. The maximum absolute atomic E-state index is 5.57. The smallest absolute Gasteiger partial charge is 0.0531 e. The molecule has 0 radical (unpaired) electrons. The number of fused-ring (bicyclic) bond motifs is 1. The molecular formula is C23H34N4O. The predicted octanol–water partition coefficient (Wildman–Crippen LogP) is 2.98. The Morgan fingerprint density at radius 3 is 2.68 bits per heavy atom. The summed E-state index contributed by atoms with van der Waals surface area (Å²) in [6, 6.07) is 10.7. The quantitative estimate of drug-likeness (QED) is 0.664. The van der Waals surface area contributed by atoms with Crippen LogP contribution in [0.25, 0.3) is 0 Å². The van der Waals surface area contributed by atoms with Crippen LogP contribution in [-0.2, 0) is 11.3 Å². The van der Waals surface area contributed by atoms with Crippen LogP contribution < -0.4 is 5.43 Å². The van der Waals surface area contributed by atoms with Crippen LogP contribution in [0.4, 0.5) is 0 Å². The van der Waals surface area contributed by atoms with Crippen molar-refractivity contribution in [2.45, 2.75) is 32.7 Å². The summed E-state index contributed by atoms with van der Waals surface area (Å²) in [6.45, 7) is 11.3. The zero-order valence-electron chi connectivity index (χ0n) is 17.2. The molecule has 2 saturated heterocycles. The minimum atomic E-state index is 0.810. The van der Waals surface area contributed by atoms with E-state index in [1.54, 1.807) is 0 Å². The van der Waals surface area contributed by atoms with Crippen molar-refractivity contribution >= 4 is 0 Å². The number of nitrogens with zero attached hydrogens (tertiary/aromatic N) is 3. The standard InChI is InChI=1S/C23H34N4O/c1-2-28-16-8-14-26-15-11-22-21(23(26)19-25-12-6-7-13-25)18-27(24-22)17-20-9-4-3-5-10-20/h3-5,9-11,24H,2,6-8,12-19H2,1H3. The van der Waals surface area contributed by atoms with Gasteiger partial charge in [0.2, 0.25) is 0 Å². The maximum Gasteiger partial charge on any atom is 0.0531 e. The highest BCUT2D eigenvalue weighted by Gasteiger charge is 2.30. The molecule has 0 saturated carbocycles. The second-order valence-corrected chi connectivity index (χ2v) is 7.98. The molecule has 0 atom stereocenters. The first-order valence-electron chi connectivity index (χ1n) is 10.9. The van der Waals surface area contributed by atoms with Crippen LogP contribution in [0.2, 0.25) is 0 Å². The Kier molecular flexibility index (Phi) is 6.68. The molecule has 1 aromatic rings. The molecular weight excluding hydrogens is 348 g/mol. The summed E-state index contributed by atoms with van der Waals surface area (Å²) >= 11 is 0. The summed E-state index contributed by atoms with van der Waals surface area (Å²) in [7, 11) is 0. The molecule has 1 N–H and O–H groups in total. The van der Waals surface area contributed by atoms with Gasteiger partial charge in [0, 0.05) is 57.2 Å². The SMILES string of the molecule is CCOCCCN1CC=C2NN(Cc3ccccc3)CC2=C1CN1CCCC1. The van der Waals surface area contributed by atoms with E-state index >= 15 is 0 Å². The molecule has 0 aromatic heterocycles. The predicted molar refractivity (Wildman–Crippen MR) is 113 cm³/mol. The van der Waals surface area contributed by atoms with Gasteiger partial charge in [-0.3, -0.25) is 4.90 Å². The maximum atomic E-state index is 5.57. The van der Waals surface area contributed by atoms with E-state index in [1.807, 2.05) is 0 Å². The average molecular weight is 383 g/mol. The second kappa shape index (κ2) is 9.59. The van der Waals surface area contributed by atoms with Gasteiger partial charge >= 0.3 is 0 Å². The van der Waals surface area contributed by atoms with Gasteiger partial charge in [0.1, 0.15) is 0 Å². The van der Waals surface area contributed by atoms with Crippen LogP contribution >= 0.6 is 0 Å². The molecule has 2 fully saturated rings. The van der Waals surface area contributed by atoms with Crippen molar-refractivity contribution in [1.29, 1.82) is 0 Å². The Hall–Kier alpha value is -1.82. The lowest BCUT2D eigenvalue weighted by atomic mass is 10.1. The second-order valence-electron chi connectivity index (χ2n) is 7.98. The minimum Gasteiger partial charge on any atom is -0.382 e. The number of hydrazine groups is 1. The van der Waals surface area contributed by atoms with Crippen LogP contribution in [-0.4, -0.2) is 67.3 Å². The number of ether oxygens (including phenoxy) is 1. The third-order valence-corrected chi connectivity index (χ3v) is 5.91. The van der Waals surface area contributed by atoms with Crippen molar-refractivity contribution in [1.82, 2.24) is 20.2 Å². The van der Waals surface area contributed by atoms with Crippen LogP contribution in [0.5, 0.6) is 0 Å². The number of likely N-dealkylation sites (tertiary alicyclic amines) is 1. The van der Waals surface area contributed by atoms with E-state index in [4.69, 9.17) is 4.74 Å².